The molecule has 0 unspecified atom stereocenters. The van der Waals surface area contributed by atoms with Gasteiger partial charge in [0.15, 0.2) is 0 Å². The van der Waals surface area contributed by atoms with Crippen LogP contribution in [0.1, 0.15) is 22.3 Å². The van der Waals surface area contributed by atoms with Crippen LogP contribution in [0.2, 0.25) is 0 Å². The number of aryl methyl sites for hydroxylation is 1. The highest BCUT2D eigenvalue weighted by atomic mass is 79.9. The van der Waals surface area contributed by atoms with E-state index >= 15 is 0 Å². The molecular weight excluding hydrogens is 332 g/mol. The Labute approximate surface area is 132 Å². The van der Waals surface area contributed by atoms with Crippen molar-refractivity contribution in [3.05, 3.63) is 58.1 Å². The fraction of sp³-hybridized carbons (Fsp3) is 0.188. The number of hydrogen-bond donors (Lipinski definition) is 3. The number of nitrogens with two attached hydrogens (primary N) is 1. The summed E-state index contributed by atoms with van der Waals surface area (Å²) >= 11 is 3.32. The van der Waals surface area contributed by atoms with Crippen LogP contribution in [-0.4, -0.2) is 17.6 Å². The fourth-order valence-corrected chi connectivity index (χ4v) is 2.55. The molecule has 0 saturated carbocycles. The van der Waals surface area contributed by atoms with Gasteiger partial charge >= 0.3 is 0 Å². The topological polar surface area (TPSA) is 75.4 Å². The van der Waals surface area contributed by atoms with Crippen LogP contribution in [-0.2, 0) is 6.42 Å². The monoisotopic (exact) mass is 348 g/mol. The van der Waals surface area contributed by atoms with Crippen LogP contribution in [0, 0.1) is 0 Å². The summed E-state index contributed by atoms with van der Waals surface area (Å²) in [6, 6.07) is 12.7. The second-order valence-electron chi connectivity index (χ2n) is 4.75. The van der Waals surface area contributed by atoms with Crippen LogP contribution in [0.5, 0.6) is 0 Å². The van der Waals surface area contributed by atoms with E-state index in [1.54, 1.807) is 18.2 Å². The Morgan fingerprint density at radius 3 is 2.76 bits per heavy atom. The van der Waals surface area contributed by atoms with Gasteiger partial charge in [0.05, 0.1) is 0 Å². The highest BCUT2D eigenvalue weighted by Gasteiger charge is 2.08. The van der Waals surface area contributed by atoms with Gasteiger partial charge in [-0.25, -0.2) is 0 Å². The first-order chi connectivity index (χ1) is 10.1. The molecule has 110 valence electrons. The number of aliphatic hydroxyl groups excluding tert-OH is 1. The van der Waals surface area contributed by atoms with Gasteiger partial charge in [0.25, 0.3) is 5.91 Å². The molecule has 21 heavy (non-hydrogen) atoms. The van der Waals surface area contributed by atoms with Crippen molar-refractivity contribution in [2.24, 2.45) is 0 Å². The van der Waals surface area contributed by atoms with E-state index in [4.69, 9.17) is 10.8 Å². The molecule has 1 amide bonds. The van der Waals surface area contributed by atoms with Crippen molar-refractivity contribution in [1.29, 1.82) is 0 Å². The number of amides is 1. The molecule has 0 spiro atoms. The Kier molecular flexibility index (Phi) is 5.36. The molecule has 0 fully saturated rings. The maximum atomic E-state index is 12.2. The number of nitrogen functional groups attached to an aromatic ring is 1. The van der Waals surface area contributed by atoms with Crippen molar-refractivity contribution < 1.29 is 9.90 Å². The van der Waals surface area contributed by atoms with Crippen LogP contribution in [0.25, 0.3) is 0 Å². The molecule has 0 radical (unpaired) electrons. The van der Waals surface area contributed by atoms with E-state index in [-0.39, 0.29) is 12.5 Å². The van der Waals surface area contributed by atoms with Crippen LogP contribution < -0.4 is 11.1 Å². The number of hydrogen-bond acceptors (Lipinski definition) is 3. The van der Waals surface area contributed by atoms with Gasteiger partial charge in [-0.05, 0) is 48.7 Å². The van der Waals surface area contributed by atoms with Crippen molar-refractivity contribution in [1.82, 2.24) is 0 Å². The molecule has 4 nitrogen and oxygen atoms in total. The Balaban J connectivity index is 2.11. The van der Waals surface area contributed by atoms with E-state index in [2.05, 4.69) is 21.2 Å². The molecule has 5 heteroatoms. The average molecular weight is 349 g/mol. The highest BCUT2D eigenvalue weighted by molar-refractivity contribution is 9.10. The van der Waals surface area contributed by atoms with Crippen molar-refractivity contribution in [3.8, 4) is 0 Å². The molecule has 0 atom stereocenters. The van der Waals surface area contributed by atoms with E-state index in [0.717, 1.165) is 22.1 Å². The summed E-state index contributed by atoms with van der Waals surface area (Å²) in [6.07, 6.45) is 1.49. The third-order valence-corrected chi connectivity index (χ3v) is 3.45. The summed E-state index contributed by atoms with van der Waals surface area (Å²) in [6.45, 7) is 0.161. The number of carbonyl (C=O) groups excluding carboxylic acids is 1. The Morgan fingerprint density at radius 1 is 1.24 bits per heavy atom. The zero-order valence-corrected chi connectivity index (χ0v) is 13.1. The lowest BCUT2D eigenvalue weighted by Gasteiger charge is -2.08. The molecule has 0 aliphatic heterocycles. The zero-order chi connectivity index (χ0) is 15.2. The van der Waals surface area contributed by atoms with E-state index in [1.807, 2.05) is 24.3 Å². The first-order valence-electron chi connectivity index (χ1n) is 6.65. The molecule has 2 aromatic rings. The van der Waals surface area contributed by atoms with Crippen LogP contribution in [0.15, 0.2) is 46.9 Å². The standard InChI is InChI=1S/C16H17BrN2O2/c17-13-8-12(9-14(18)10-13)16(21)19-15-5-1-3-11(7-15)4-2-6-20/h1,3,5,7-10,20H,2,4,6,18H2,(H,19,21). The minimum absolute atomic E-state index is 0.161. The summed E-state index contributed by atoms with van der Waals surface area (Å²) in [5.41, 5.74) is 8.58. The van der Waals surface area contributed by atoms with Crippen LogP contribution in [0.3, 0.4) is 0 Å². The highest BCUT2D eigenvalue weighted by Crippen LogP contribution is 2.19. The zero-order valence-electron chi connectivity index (χ0n) is 11.5. The predicted molar refractivity (Wildman–Crippen MR) is 88.4 cm³/mol. The maximum Gasteiger partial charge on any atom is 0.255 e. The SMILES string of the molecule is Nc1cc(Br)cc(C(=O)Nc2cccc(CCCO)c2)c1. The lowest BCUT2D eigenvalue weighted by Crippen LogP contribution is -2.12. The molecule has 0 aromatic heterocycles. The molecule has 4 N–H and O–H groups in total. The minimum Gasteiger partial charge on any atom is -0.399 e. The number of anilines is 2. The van der Waals surface area contributed by atoms with Gasteiger partial charge < -0.3 is 16.2 Å². The molecule has 0 aliphatic carbocycles. The van der Waals surface area contributed by atoms with Crippen molar-refractivity contribution >= 4 is 33.2 Å². The summed E-state index contributed by atoms with van der Waals surface area (Å²) < 4.78 is 0.768. The van der Waals surface area contributed by atoms with E-state index in [0.29, 0.717) is 17.7 Å². The number of aliphatic hydroxyl groups is 1. The molecule has 0 heterocycles. The largest absolute Gasteiger partial charge is 0.399 e. The Bertz CT molecular complexity index is 624. The number of carbonyl (C=O) groups is 1. The predicted octanol–water partition coefficient (Wildman–Crippen LogP) is 3.21. The van der Waals surface area contributed by atoms with Crippen LogP contribution in [0.4, 0.5) is 11.4 Å². The third-order valence-electron chi connectivity index (χ3n) is 2.99. The molecule has 2 rings (SSSR count). The lowest BCUT2D eigenvalue weighted by molar-refractivity contribution is 0.102. The van der Waals surface area contributed by atoms with Crippen molar-refractivity contribution in [2.45, 2.75) is 12.8 Å². The van der Waals surface area contributed by atoms with Crippen molar-refractivity contribution in [2.75, 3.05) is 17.7 Å². The van der Waals surface area contributed by atoms with Gasteiger partial charge in [-0.1, -0.05) is 28.1 Å². The first kappa shape index (κ1) is 15.5. The molecular formula is C16H17BrN2O2. The van der Waals surface area contributed by atoms with Gasteiger partial charge in [0, 0.05) is 28.0 Å². The number of benzene rings is 2. The number of halogens is 1. The van der Waals surface area contributed by atoms with Crippen molar-refractivity contribution in [3.63, 3.8) is 0 Å². The van der Waals surface area contributed by atoms with Crippen LogP contribution >= 0.6 is 15.9 Å². The fourth-order valence-electron chi connectivity index (χ4n) is 2.03. The summed E-state index contributed by atoms with van der Waals surface area (Å²) in [4.78, 5) is 12.2. The van der Waals surface area contributed by atoms with Gasteiger partial charge in [-0.3, -0.25) is 4.79 Å². The number of rotatable bonds is 5. The molecule has 0 saturated heterocycles. The van der Waals surface area contributed by atoms with Gasteiger partial charge in [-0.2, -0.15) is 0 Å². The molecule has 2 aromatic carbocycles. The Hall–Kier alpha value is -1.85. The molecule has 0 bridgehead atoms. The summed E-state index contributed by atoms with van der Waals surface area (Å²) in [5, 5.41) is 11.7. The second kappa shape index (κ2) is 7.24. The van der Waals surface area contributed by atoms with E-state index in [1.165, 1.54) is 0 Å². The quantitative estimate of drug-likeness (QED) is 0.726. The first-order valence-corrected chi connectivity index (χ1v) is 7.45. The minimum atomic E-state index is -0.206. The third kappa shape index (κ3) is 4.58. The van der Waals surface area contributed by atoms with Gasteiger partial charge in [-0.15, -0.1) is 0 Å². The van der Waals surface area contributed by atoms with E-state index < -0.39 is 0 Å². The number of nitrogens with one attached hydrogen (secondary N) is 1. The van der Waals surface area contributed by atoms with E-state index in [9.17, 15) is 4.79 Å². The van der Waals surface area contributed by atoms with Gasteiger partial charge in [0.2, 0.25) is 0 Å². The smallest absolute Gasteiger partial charge is 0.255 e. The molecule has 0 aliphatic rings. The summed E-state index contributed by atoms with van der Waals surface area (Å²) in [5.74, 6) is -0.206. The second-order valence-corrected chi connectivity index (χ2v) is 5.67. The van der Waals surface area contributed by atoms with Gasteiger partial charge in [0.1, 0.15) is 0 Å². The average Bonchev–Trinajstić information content (AvgIpc) is 2.44. The Morgan fingerprint density at radius 2 is 2.05 bits per heavy atom. The summed E-state index contributed by atoms with van der Waals surface area (Å²) in [7, 11) is 0. The maximum absolute atomic E-state index is 12.2. The normalized spacial score (nSPS) is 10.4. The lowest BCUT2D eigenvalue weighted by atomic mass is 10.1.